The van der Waals surface area contributed by atoms with Gasteiger partial charge in [0.25, 0.3) is 0 Å². The predicted molar refractivity (Wildman–Crippen MR) is 94.6 cm³/mol. The lowest BCUT2D eigenvalue weighted by Gasteiger charge is -2.35. The molecule has 0 spiro atoms. The molecule has 1 N–H and O–H groups in total. The number of hydrogen-bond acceptors (Lipinski definition) is 4. The Morgan fingerprint density at radius 3 is 2.52 bits per heavy atom. The van der Waals surface area contributed by atoms with Crippen LogP contribution >= 0.6 is 0 Å². The average Bonchev–Trinajstić information content (AvgIpc) is 2.54. The van der Waals surface area contributed by atoms with Gasteiger partial charge in [0.15, 0.2) is 0 Å². The van der Waals surface area contributed by atoms with Gasteiger partial charge in [-0.05, 0) is 37.8 Å². The maximum atomic E-state index is 12.1. The number of amides is 1. The van der Waals surface area contributed by atoms with E-state index in [1.165, 1.54) is 0 Å². The second-order valence-electron chi connectivity index (χ2n) is 6.89. The van der Waals surface area contributed by atoms with Crippen molar-refractivity contribution in [1.29, 1.82) is 0 Å². The molecule has 0 aromatic carbocycles. The van der Waals surface area contributed by atoms with Gasteiger partial charge in [-0.3, -0.25) is 9.69 Å². The van der Waals surface area contributed by atoms with Crippen LogP contribution in [0.25, 0.3) is 0 Å². The zero-order chi connectivity index (χ0) is 16.7. The number of carbonyl (C=O) groups excluding carboxylic acids is 1. The molecule has 5 heteroatoms. The lowest BCUT2D eigenvalue weighted by atomic mass is 10.0. The Hall–Kier alpha value is -1.62. The molecule has 1 atom stereocenters. The zero-order valence-electron chi connectivity index (χ0n) is 14.7. The van der Waals surface area contributed by atoms with E-state index in [1.54, 1.807) is 0 Å². The number of hydrogen-bond donors (Lipinski definition) is 1. The predicted octanol–water partition coefficient (Wildman–Crippen LogP) is 2.14. The number of nitrogens with one attached hydrogen (secondary N) is 1. The van der Waals surface area contributed by atoms with Crippen LogP contribution in [-0.4, -0.2) is 54.6 Å². The lowest BCUT2D eigenvalue weighted by Crippen LogP contribution is -2.50. The first-order chi connectivity index (χ1) is 11.0. The molecule has 1 saturated heterocycles. The third-order valence-electron chi connectivity index (χ3n) is 4.30. The minimum Gasteiger partial charge on any atom is -0.354 e. The molecular weight excluding hydrogens is 288 g/mol. The number of piperazine rings is 1. The highest BCUT2D eigenvalue weighted by Crippen LogP contribution is 2.12. The maximum absolute atomic E-state index is 12.1. The fourth-order valence-corrected chi connectivity index (χ4v) is 2.85. The Bertz CT molecular complexity index is 469. The van der Waals surface area contributed by atoms with Gasteiger partial charge >= 0.3 is 0 Å². The summed E-state index contributed by atoms with van der Waals surface area (Å²) in [7, 11) is 0. The molecule has 0 bridgehead atoms. The Kier molecular flexibility index (Phi) is 6.84. The van der Waals surface area contributed by atoms with Gasteiger partial charge in [0, 0.05) is 38.4 Å². The Labute approximate surface area is 140 Å². The maximum Gasteiger partial charge on any atom is 0.234 e. The summed E-state index contributed by atoms with van der Waals surface area (Å²) in [5.74, 6) is 1.86. The Morgan fingerprint density at radius 2 is 1.91 bits per heavy atom. The SMILES string of the molecule is CC(C)CC[C@H](C)NC(=O)CN1CCN(c2ccccn2)CC1. The monoisotopic (exact) mass is 318 g/mol. The molecule has 1 aliphatic rings. The molecule has 0 unspecified atom stereocenters. The third-order valence-corrected chi connectivity index (χ3v) is 4.30. The fraction of sp³-hybridized carbons (Fsp3) is 0.667. The highest BCUT2D eigenvalue weighted by atomic mass is 16.2. The molecule has 1 aliphatic heterocycles. The molecule has 0 aliphatic carbocycles. The summed E-state index contributed by atoms with van der Waals surface area (Å²) < 4.78 is 0. The standard InChI is InChI=1S/C18H30N4O/c1-15(2)7-8-16(3)20-18(23)14-21-10-12-22(13-11-21)17-6-4-5-9-19-17/h4-6,9,15-16H,7-8,10-14H2,1-3H3,(H,20,23)/t16-/m0/s1. The van der Waals surface area contributed by atoms with E-state index in [4.69, 9.17) is 0 Å². The van der Waals surface area contributed by atoms with Gasteiger partial charge in [0.2, 0.25) is 5.91 Å². The quantitative estimate of drug-likeness (QED) is 0.837. The number of carbonyl (C=O) groups is 1. The second-order valence-corrected chi connectivity index (χ2v) is 6.89. The number of rotatable bonds is 7. The molecule has 1 fully saturated rings. The van der Waals surface area contributed by atoms with Crippen molar-refractivity contribution >= 4 is 11.7 Å². The first-order valence-corrected chi connectivity index (χ1v) is 8.72. The van der Waals surface area contributed by atoms with Crippen molar-refractivity contribution in [2.45, 2.75) is 39.7 Å². The van der Waals surface area contributed by atoms with Gasteiger partial charge in [-0.25, -0.2) is 4.98 Å². The van der Waals surface area contributed by atoms with Crippen LogP contribution in [0, 0.1) is 5.92 Å². The van der Waals surface area contributed by atoms with Crippen molar-refractivity contribution in [3.63, 3.8) is 0 Å². The normalized spacial score (nSPS) is 17.3. The van der Waals surface area contributed by atoms with Crippen LogP contribution in [0.1, 0.15) is 33.6 Å². The molecule has 0 saturated carbocycles. The molecule has 2 rings (SSSR count). The van der Waals surface area contributed by atoms with Gasteiger partial charge in [-0.15, -0.1) is 0 Å². The van der Waals surface area contributed by atoms with Crippen molar-refractivity contribution in [2.24, 2.45) is 5.92 Å². The summed E-state index contributed by atoms with van der Waals surface area (Å²) in [6, 6.07) is 6.25. The first kappa shape index (κ1) is 17.7. The molecule has 0 radical (unpaired) electrons. The van der Waals surface area contributed by atoms with E-state index < -0.39 is 0 Å². The highest BCUT2D eigenvalue weighted by molar-refractivity contribution is 5.78. The number of anilines is 1. The zero-order valence-corrected chi connectivity index (χ0v) is 14.7. The van der Waals surface area contributed by atoms with E-state index in [1.807, 2.05) is 24.4 Å². The van der Waals surface area contributed by atoms with Crippen LogP contribution in [0.5, 0.6) is 0 Å². The smallest absolute Gasteiger partial charge is 0.234 e. The summed E-state index contributed by atoms with van der Waals surface area (Å²) in [5, 5.41) is 3.12. The van der Waals surface area contributed by atoms with Gasteiger partial charge in [0.05, 0.1) is 6.54 Å². The third kappa shape index (κ3) is 6.18. The minimum absolute atomic E-state index is 0.146. The van der Waals surface area contributed by atoms with Crippen LogP contribution < -0.4 is 10.2 Å². The number of aromatic nitrogens is 1. The molecule has 2 heterocycles. The molecule has 5 nitrogen and oxygen atoms in total. The number of pyridine rings is 1. The van der Waals surface area contributed by atoms with E-state index in [-0.39, 0.29) is 11.9 Å². The largest absolute Gasteiger partial charge is 0.354 e. The molecule has 1 amide bonds. The van der Waals surface area contributed by atoms with Crippen molar-refractivity contribution in [2.75, 3.05) is 37.6 Å². The van der Waals surface area contributed by atoms with E-state index in [0.29, 0.717) is 12.5 Å². The van der Waals surface area contributed by atoms with Gasteiger partial charge in [-0.1, -0.05) is 19.9 Å². The lowest BCUT2D eigenvalue weighted by molar-refractivity contribution is -0.123. The van der Waals surface area contributed by atoms with Crippen LogP contribution in [-0.2, 0) is 4.79 Å². The van der Waals surface area contributed by atoms with Crippen LogP contribution in [0.15, 0.2) is 24.4 Å². The molecular formula is C18H30N4O. The summed E-state index contributed by atoms with van der Waals surface area (Å²) in [5.41, 5.74) is 0. The topological polar surface area (TPSA) is 48.5 Å². The minimum atomic E-state index is 0.146. The molecule has 23 heavy (non-hydrogen) atoms. The van der Waals surface area contributed by atoms with Crippen molar-refractivity contribution < 1.29 is 4.79 Å². The molecule has 128 valence electrons. The summed E-state index contributed by atoms with van der Waals surface area (Å²) in [4.78, 5) is 21.0. The summed E-state index contributed by atoms with van der Waals surface area (Å²) in [6.45, 7) is 10.7. The van der Waals surface area contributed by atoms with Crippen molar-refractivity contribution in [3.8, 4) is 0 Å². The van der Waals surface area contributed by atoms with E-state index in [2.05, 4.69) is 40.9 Å². The summed E-state index contributed by atoms with van der Waals surface area (Å²) in [6.07, 6.45) is 4.04. The molecule has 1 aromatic rings. The van der Waals surface area contributed by atoms with Crippen molar-refractivity contribution in [1.82, 2.24) is 15.2 Å². The fourth-order valence-electron chi connectivity index (χ4n) is 2.85. The average molecular weight is 318 g/mol. The van der Waals surface area contributed by atoms with Crippen LogP contribution in [0.4, 0.5) is 5.82 Å². The van der Waals surface area contributed by atoms with Crippen molar-refractivity contribution in [3.05, 3.63) is 24.4 Å². The second kappa shape index (κ2) is 8.87. The number of nitrogens with zero attached hydrogens (tertiary/aromatic N) is 3. The van der Waals surface area contributed by atoms with Crippen LogP contribution in [0.3, 0.4) is 0 Å². The Balaban J connectivity index is 1.68. The van der Waals surface area contributed by atoms with Crippen LogP contribution in [0.2, 0.25) is 0 Å². The highest BCUT2D eigenvalue weighted by Gasteiger charge is 2.20. The first-order valence-electron chi connectivity index (χ1n) is 8.72. The van der Waals surface area contributed by atoms with Gasteiger partial charge in [-0.2, -0.15) is 0 Å². The van der Waals surface area contributed by atoms with E-state index in [9.17, 15) is 4.79 Å². The van der Waals surface area contributed by atoms with Gasteiger partial charge < -0.3 is 10.2 Å². The Morgan fingerprint density at radius 1 is 1.17 bits per heavy atom. The van der Waals surface area contributed by atoms with E-state index in [0.717, 1.165) is 44.8 Å². The van der Waals surface area contributed by atoms with E-state index >= 15 is 0 Å². The van der Waals surface area contributed by atoms with Gasteiger partial charge in [0.1, 0.15) is 5.82 Å². The molecule has 1 aromatic heterocycles. The summed E-state index contributed by atoms with van der Waals surface area (Å²) >= 11 is 0.